The Balaban J connectivity index is 1.07. The largest absolute Gasteiger partial charge is 0.481 e. The van der Waals surface area contributed by atoms with Gasteiger partial charge in [-0.15, -0.1) is 0 Å². The van der Waals surface area contributed by atoms with Crippen molar-refractivity contribution in [2.75, 3.05) is 124 Å². The molecule has 2 fully saturated rings. The van der Waals surface area contributed by atoms with Crippen LogP contribution in [0, 0.1) is 0 Å². The van der Waals surface area contributed by atoms with Crippen molar-refractivity contribution in [2.24, 2.45) is 16.5 Å². The number of aliphatic imine (C=N–C) groups is 1. The maximum absolute atomic E-state index is 14.8. The van der Waals surface area contributed by atoms with Crippen molar-refractivity contribution in [3.05, 3.63) is 95.3 Å². The minimum absolute atomic E-state index is 0.000472. The smallest absolute Gasteiger partial charge is 0.317 e. The molecular formula is C85H140N22O26. The molecule has 3 unspecified atom stereocenters. The van der Waals surface area contributed by atoms with Crippen LogP contribution in [0.3, 0.4) is 0 Å². The molecule has 3 aliphatic rings. The van der Waals surface area contributed by atoms with Crippen molar-refractivity contribution >= 4 is 76.3 Å². The van der Waals surface area contributed by atoms with Gasteiger partial charge in [0.25, 0.3) is 0 Å². The monoisotopic (exact) mass is 1890 g/mol. The first kappa shape index (κ1) is 110. The fourth-order valence-electron chi connectivity index (χ4n) is 16.2. The summed E-state index contributed by atoms with van der Waals surface area (Å²) in [6, 6.07) is 11.7. The second kappa shape index (κ2) is 58.0. The van der Waals surface area contributed by atoms with Gasteiger partial charge in [0, 0.05) is 109 Å². The number of H-pyrrole nitrogens is 1. The topological polar surface area (TPSA) is 742 Å². The van der Waals surface area contributed by atoms with Gasteiger partial charge in [-0.25, -0.2) is 4.98 Å². The van der Waals surface area contributed by atoms with Crippen molar-refractivity contribution < 1.29 is 130 Å². The number of carbonyl (C=O) groups excluding carboxylic acids is 2. The summed E-state index contributed by atoms with van der Waals surface area (Å²) in [5.74, 6) is -10.1. The van der Waals surface area contributed by atoms with E-state index in [4.69, 9.17) is 11.5 Å². The minimum Gasteiger partial charge on any atom is -0.481 e. The third-order valence-corrected chi connectivity index (χ3v) is 23.4. The van der Waals surface area contributed by atoms with Gasteiger partial charge in [-0.05, 0) is 132 Å². The number of aromatic nitrogens is 2. The van der Waals surface area contributed by atoms with Crippen LogP contribution in [0.4, 0.5) is 5.69 Å². The standard InChI is InChI=1S/C85H140N22O26/c1-102(46-65-93-55-16-7-8-17-56(55)94-65)83(132)52-20-21-54-53(41-52)45-107(84(133)64(92-54)43-72(117)118)31-12-3-2-10-29-89-76(125)59(99-80(129)61(24-27-70(113)114)100-79(128)60(23-26-69(111)112)95-68(110)47-103-32-34-104(48-73(119)120)36-38-106(50-75(123)124)39-37-105(35-33-103)49-74(121)122)22-25-66(108)88-28-11-9-18-58-78(127)97-57(19-13-30-90-85(86)87)77(126)91-44-67(109)96-63(42-71(115)116)82(131)101-62(81(130)98-58)40-51-14-5-4-6-15-51/h4-8,14-17,20-21,41,57-64,66-67,76-79,81-84,88-89,91-92,96-98,100-101,108-109,125-128,130-133H,2-3,9-13,18-19,22-40,42-50H2,1H3,(H,93,94)(H,95,110)(H,99,129)(H,111,112)(H,113,114)(H,115,116)(H,117,118)(H,119,120)(H,121,122)(H,123,124)(H4,86,87,90)/t57?,58?,59?,60-,61+,62+,63-,64-,66+,67+,76+,77+,78+,79-,81+,82+,83-,84-/m0/s1. The van der Waals surface area contributed by atoms with Crippen LogP contribution < -0.4 is 70.0 Å². The molecule has 4 heterocycles. The van der Waals surface area contributed by atoms with E-state index in [0.717, 1.165) is 11.0 Å². The molecule has 48 nitrogen and oxygen atoms in total. The number of aliphatic carboxylic acids is 7. The lowest BCUT2D eigenvalue weighted by atomic mass is 10.0. The van der Waals surface area contributed by atoms with E-state index < -0.39 is 229 Å². The molecule has 133 heavy (non-hydrogen) atoms. The summed E-state index contributed by atoms with van der Waals surface area (Å²) in [5.41, 5.74) is 15.3. The molecular weight excluding hydrogens is 1750 g/mol. The predicted octanol–water partition coefficient (Wildman–Crippen LogP) is -6.35. The van der Waals surface area contributed by atoms with Crippen LogP contribution >= 0.6 is 0 Å². The highest BCUT2D eigenvalue weighted by Crippen LogP contribution is 2.31. The number of carbonyl (C=O) groups is 9. The molecule has 0 saturated carbocycles. The Kier molecular flexibility index (Phi) is 48.2. The summed E-state index contributed by atoms with van der Waals surface area (Å²) in [4.78, 5) is 135. The van der Waals surface area contributed by atoms with Crippen molar-refractivity contribution in [1.82, 2.24) is 92.5 Å². The Labute approximate surface area is 770 Å². The molecule has 4 aromatic rings. The third-order valence-electron chi connectivity index (χ3n) is 23.4. The summed E-state index contributed by atoms with van der Waals surface area (Å²) in [6.07, 6.45) is -16.1. The number of nitrogens with one attached hydrogen (secondary N) is 12. The molecule has 18 atom stereocenters. The number of amides is 2. The minimum atomic E-state index is -2.00. The second-order valence-electron chi connectivity index (χ2n) is 34.1. The average molecular weight is 1890 g/mol. The first-order chi connectivity index (χ1) is 63.3. The van der Waals surface area contributed by atoms with Gasteiger partial charge in [0.15, 0.2) is 5.96 Å². The van der Waals surface area contributed by atoms with Gasteiger partial charge >= 0.3 is 41.8 Å². The molecule has 0 radical (unpaired) electrons. The number of carboxylic acid groups (broad SMARTS) is 7. The number of imidazole rings is 1. The van der Waals surface area contributed by atoms with E-state index in [1.165, 1.54) is 9.80 Å². The van der Waals surface area contributed by atoms with Gasteiger partial charge < -0.3 is 119 Å². The van der Waals surface area contributed by atoms with E-state index in [1.54, 1.807) is 75.2 Å². The molecule has 1 aromatic heterocycles. The number of carboxylic acids is 7. The summed E-state index contributed by atoms with van der Waals surface area (Å²) in [6.45, 7) is -0.796. The van der Waals surface area contributed by atoms with Crippen molar-refractivity contribution in [3.8, 4) is 0 Å². The highest BCUT2D eigenvalue weighted by Gasteiger charge is 2.38. The number of β-amino-alcohol motifs (C(OH)–C–C–N with tert-alkyl or cyclic N) is 1. The fourth-order valence-corrected chi connectivity index (χ4v) is 16.2. The van der Waals surface area contributed by atoms with Crippen molar-refractivity contribution in [2.45, 2.75) is 239 Å². The van der Waals surface area contributed by atoms with E-state index in [0.29, 0.717) is 60.4 Å². The average Bonchev–Trinajstić information content (AvgIpc) is 1.73. The number of aliphatic hydroxyl groups excluding tert-OH is 10. The van der Waals surface area contributed by atoms with Crippen LogP contribution in [0.2, 0.25) is 0 Å². The number of benzene rings is 3. The number of guanidine groups is 1. The Morgan fingerprint density at radius 1 is 0.541 bits per heavy atom. The lowest BCUT2D eigenvalue weighted by Crippen LogP contribution is -2.62. The number of anilines is 1. The zero-order valence-corrected chi connectivity index (χ0v) is 75.0. The molecule has 3 aromatic carbocycles. The Bertz CT molecular complexity index is 4190. The summed E-state index contributed by atoms with van der Waals surface area (Å²) in [7, 11) is 1.74. The number of fused-ring (bicyclic) bond motifs is 2. The van der Waals surface area contributed by atoms with Crippen molar-refractivity contribution in [1.29, 1.82) is 0 Å². The third kappa shape index (κ3) is 41.3. The number of aromatic amines is 1. The maximum atomic E-state index is 14.8. The maximum Gasteiger partial charge on any atom is 0.317 e. The molecule has 0 bridgehead atoms. The quantitative estimate of drug-likeness (QED) is 0.00846. The Morgan fingerprint density at radius 3 is 1.69 bits per heavy atom. The number of aliphatic hydroxyl groups is 10. The molecule has 2 amide bonds. The molecule has 48 heteroatoms. The summed E-state index contributed by atoms with van der Waals surface area (Å²) >= 11 is 0. The summed E-state index contributed by atoms with van der Waals surface area (Å²) in [5, 5.41) is 218. The number of hydrogen-bond acceptors (Lipinski definition) is 36. The van der Waals surface area contributed by atoms with Crippen LogP contribution in [0.15, 0.2) is 77.8 Å². The predicted molar refractivity (Wildman–Crippen MR) is 482 cm³/mol. The van der Waals surface area contributed by atoms with E-state index in [1.807, 2.05) is 24.3 Å². The van der Waals surface area contributed by atoms with Crippen LogP contribution in [-0.2, 0) is 62.7 Å². The number of hydrogen-bond donors (Lipinski definition) is 31. The van der Waals surface area contributed by atoms with Gasteiger partial charge in [-0.3, -0.25) is 120 Å². The Morgan fingerprint density at radius 2 is 1.08 bits per heavy atom. The molecule has 0 spiro atoms. The molecule has 33 N–H and O–H groups in total. The van der Waals surface area contributed by atoms with E-state index in [-0.39, 0.29) is 149 Å². The van der Waals surface area contributed by atoms with Gasteiger partial charge in [-0.2, -0.15) is 0 Å². The zero-order valence-electron chi connectivity index (χ0n) is 75.0. The van der Waals surface area contributed by atoms with Gasteiger partial charge in [0.05, 0.1) is 92.8 Å². The number of nitrogens with zero attached hydrogens (tertiary/aromatic N) is 8. The Hall–Kier alpha value is -9.53. The van der Waals surface area contributed by atoms with Crippen LogP contribution in [-0.4, -0.2) is 408 Å². The SMILES string of the molecule is CN(Cc1nc2ccccc2[nH]1)[C@@H](O)c1ccc2c(c1)CN(CCCCCCN[C@H](O)C(CC[C@@H](O)NCCCCC1N[C@H](O)[C@@H](Cc3ccccc3)N[C@H](O)[C@H](CC(=O)O)N[C@H](O)CN[C@H](O)C(CCCN=C(N)N)N[C@@H]1O)NC(=O)[C@@H](CCC(=O)O)N[C@@H](O)[C@H](CCC(=O)O)NC(=O)CN1CCN(CC(=O)O)CCN(CC(=O)O)CCN(CC(=O)O)CC1)[C@@H](O)[C@H](CC(=O)O)N2. The number of para-hydroxylation sites is 2. The van der Waals surface area contributed by atoms with Gasteiger partial charge in [-0.1, -0.05) is 67.8 Å². The van der Waals surface area contributed by atoms with E-state index >= 15 is 0 Å². The number of nitrogens with two attached hydrogens (primary N) is 2. The first-order valence-corrected chi connectivity index (χ1v) is 45.0. The molecule has 2 saturated heterocycles. The van der Waals surface area contributed by atoms with Gasteiger partial charge in [0.1, 0.15) is 68.1 Å². The first-order valence-electron chi connectivity index (χ1n) is 45.0. The lowest BCUT2D eigenvalue weighted by Gasteiger charge is -2.35. The van der Waals surface area contributed by atoms with Crippen LogP contribution in [0.5, 0.6) is 0 Å². The number of unbranched alkanes of at least 4 members (excludes halogenated alkanes) is 4. The number of rotatable bonds is 52. The molecule has 3 aliphatic heterocycles. The molecule has 0 aliphatic carbocycles. The zero-order chi connectivity index (χ0) is 97.2. The highest BCUT2D eigenvalue weighted by molar-refractivity contribution is 5.83. The van der Waals surface area contributed by atoms with Crippen molar-refractivity contribution in [3.63, 3.8) is 0 Å². The normalized spacial score (nSPS) is 23.4. The van der Waals surface area contributed by atoms with Crippen LogP contribution in [0.1, 0.15) is 138 Å². The second-order valence-corrected chi connectivity index (χ2v) is 34.1. The molecule has 746 valence electrons. The highest BCUT2D eigenvalue weighted by atomic mass is 16.4. The van der Waals surface area contributed by atoms with Gasteiger partial charge in [0.2, 0.25) is 11.8 Å². The fraction of sp³-hybridized carbons (Fsp3) is 0.659. The van der Waals surface area contributed by atoms with Crippen LogP contribution in [0.25, 0.3) is 11.0 Å². The van der Waals surface area contributed by atoms with E-state index in [2.05, 4.69) is 73.4 Å². The lowest BCUT2D eigenvalue weighted by molar-refractivity contribution is -0.140. The summed E-state index contributed by atoms with van der Waals surface area (Å²) < 4.78 is 0. The van der Waals surface area contributed by atoms with E-state index in [9.17, 15) is 130 Å². The molecule has 7 rings (SSSR count).